The molecule has 8 aromatic carbocycles. The quantitative estimate of drug-likeness (QED) is 0.174. The Morgan fingerprint density at radius 1 is 0.308 bits per heavy atom. The first-order valence-corrected chi connectivity index (χ1v) is 19.3. The predicted octanol–water partition coefficient (Wildman–Crippen LogP) is 14.3. The Morgan fingerprint density at radius 3 is 1.33 bits per heavy atom. The highest BCUT2D eigenvalue weighted by molar-refractivity contribution is 7.28. The van der Waals surface area contributed by atoms with Crippen molar-refractivity contribution in [3.05, 3.63) is 170 Å². The molecule has 0 saturated carbocycles. The van der Waals surface area contributed by atoms with Crippen LogP contribution in [0.5, 0.6) is 0 Å². The van der Waals surface area contributed by atoms with Gasteiger partial charge in [-0.3, -0.25) is 0 Å². The average Bonchev–Trinajstić information content (AvgIpc) is 3.94. The lowest BCUT2D eigenvalue weighted by Crippen LogP contribution is -1.96. The first-order chi connectivity index (χ1) is 25.8. The fourth-order valence-corrected chi connectivity index (χ4v) is 11.1. The van der Waals surface area contributed by atoms with E-state index in [1.165, 1.54) is 106 Å². The second-order valence-electron chi connectivity index (χ2n) is 13.7. The van der Waals surface area contributed by atoms with E-state index in [9.17, 15) is 0 Å². The largest absolute Gasteiger partial charge is 0.309 e. The highest BCUT2D eigenvalue weighted by atomic mass is 32.1. The second kappa shape index (κ2) is 10.7. The van der Waals surface area contributed by atoms with Gasteiger partial charge in [0.25, 0.3) is 0 Å². The molecule has 0 unspecified atom stereocenters. The van der Waals surface area contributed by atoms with Gasteiger partial charge < -0.3 is 9.13 Å². The Bertz CT molecular complexity index is 3320. The first kappa shape index (κ1) is 28.5. The van der Waals surface area contributed by atoms with E-state index in [1.807, 2.05) is 22.7 Å². The summed E-state index contributed by atoms with van der Waals surface area (Å²) in [5, 5.41) is 10.4. The van der Waals surface area contributed by atoms with Gasteiger partial charge >= 0.3 is 0 Å². The van der Waals surface area contributed by atoms with Gasteiger partial charge in [-0.1, -0.05) is 103 Å². The molecule has 0 saturated heterocycles. The molecule has 12 aromatic rings. The van der Waals surface area contributed by atoms with Crippen molar-refractivity contribution < 1.29 is 0 Å². The summed E-state index contributed by atoms with van der Waals surface area (Å²) in [5.41, 5.74) is 9.81. The summed E-state index contributed by atoms with van der Waals surface area (Å²) in [5.74, 6) is 0. The van der Waals surface area contributed by atoms with Gasteiger partial charge in [0, 0.05) is 67.6 Å². The molecule has 0 aliphatic heterocycles. The molecular formula is C48H28N2S2. The molecule has 0 amide bonds. The molecule has 0 N–H and O–H groups in total. The molecule has 0 radical (unpaired) electrons. The molecule has 0 bridgehead atoms. The molecule has 0 spiro atoms. The van der Waals surface area contributed by atoms with Gasteiger partial charge in [0.15, 0.2) is 0 Å². The van der Waals surface area contributed by atoms with Gasteiger partial charge in [-0.2, -0.15) is 0 Å². The first-order valence-electron chi connectivity index (χ1n) is 17.7. The lowest BCUT2D eigenvalue weighted by atomic mass is 10.0. The van der Waals surface area contributed by atoms with Gasteiger partial charge in [0.2, 0.25) is 0 Å². The molecule has 4 heterocycles. The Hall–Kier alpha value is -6.20. The van der Waals surface area contributed by atoms with Gasteiger partial charge in [0.1, 0.15) is 0 Å². The third-order valence-corrected chi connectivity index (χ3v) is 13.1. The van der Waals surface area contributed by atoms with Crippen molar-refractivity contribution in [2.45, 2.75) is 0 Å². The summed E-state index contributed by atoms with van der Waals surface area (Å²) in [6, 6.07) is 62.7. The Labute approximate surface area is 306 Å². The van der Waals surface area contributed by atoms with E-state index in [1.54, 1.807) is 0 Å². The van der Waals surface area contributed by atoms with Crippen LogP contribution in [0.2, 0.25) is 0 Å². The van der Waals surface area contributed by atoms with Gasteiger partial charge in [-0.25, -0.2) is 0 Å². The minimum absolute atomic E-state index is 1.18. The van der Waals surface area contributed by atoms with Crippen LogP contribution in [-0.4, -0.2) is 9.13 Å². The zero-order valence-corrected chi connectivity index (χ0v) is 29.5. The van der Waals surface area contributed by atoms with Crippen LogP contribution in [0.1, 0.15) is 0 Å². The second-order valence-corrected chi connectivity index (χ2v) is 15.8. The van der Waals surface area contributed by atoms with Crippen LogP contribution in [0.3, 0.4) is 0 Å². The lowest BCUT2D eigenvalue weighted by molar-refractivity contribution is 1.18. The molecule has 12 rings (SSSR count). The van der Waals surface area contributed by atoms with Crippen LogP contribution >= 0.6 is 22.7 Å². The van der Waals surface area contributed by atoms with E-state index in [4.69, 9.17) is 0 Å². The van der Waals surface area contributed by atoms with Crippen LogP contribution < -0.4 is 0 Å². The number of benzene rings is 8. The van der Waals surface area contributed by atoms with Crippen molar-refractivity contribution >= 4 is 107 Å². The summed E-state index contributed by atoms with van der Waals surface area (Å²) < 4.78 is 10.3. The summed E-state index contributed by atoms with van der Waals surface area (Å²) >= 11 is 3.80. The number of aromatic nitrogens is 2. The molecule has 4 aromatic heterocycles. The molecule has 52 heavy (non-hydrogen) atoms. The van der Waals surface area contributed by atoms with Gasteiger partial charge in [-0.15, -0.1) is 22.7 Å². The number of fused-ring (bicyclic) bond motifs is 12. The monoisotopic (exact) mass is 696 g/mol. The Balaban J connectivity index is 1.15. The minimum atomic E-state index is 1.18. The summed E-state index contributed by atoms with van der Waals surface area (Å²) in [4.78, 5) is 0. The number of hydrogen-bond donors (Lipinski definition) is 0. The van der Waals surface area contributed by atoms with Crippen molar-refractivity contribution in [2.24, 2.45) is 0 Å². The molecule has 0 aliphatic rings. The SMILES string of the molecule is c1ccc(-n2c3ccccc3c3cc(-c4ccc5c(c4)c4ccccc4n5-c4c5c(cc6sc7ccccc7c46)sc4ccccc45)ccc32)cc1. The average molecular weight is 697 g/mol. The number of nitrogens with zero attached hydrogens (tertiary/aromatic N) is 2. The van der Waals surface area contributed by atoms with Crippen LogP contribution in [-0.2, 0) is 0 Å². The van der Waals surface area contributed by atoms with Gasteiger partial charge in [-0.05, 0) is 77.9 Å². The maximum Gasteiger partial charge on any atom is 0.0648 e. The van der Waals surface area contributed by atoms with E-state index in [2.05, 4.69) is 179 Å². The van der Waals surface area contributed by atoms with Crippen molar-refractivity contribution in [1.29, 1.82) is 0 Å². The van der Waals surface area contributed by atoms with Crippen molar-refractivity contribution in [3.8, 4) is 22.5 Å². The van der Waals surface area contributed by atoms with Crippen molar-refractivity contribution in [1.82, 2.24) is 9.13 Å². The standard InChI is InChI=1S/C48H28N2S2/c1-2-12-31(13-3-1)49-38-18-8-4-14-32(38)36-26-29(22-24-40(36)49)30-23-25-41-37(27-30)33-15-5-9-19-39(33)50(41)48-46-34-16-6-10-20-42(34)51-44(46)28-45-47(48)35-17-7-11-21-43(35)52-45/h1-28H. The highest BCUT2D eigenvalue weighted by Gasteiger charge is 2.23. The highest BCUT2D eigenvalue weighted by Crippen LogP contribution is 2.49. The predicted molar refractivity (Wildman–Crippen MR) is 226 cm³/mol. The van der Waals surface area contributed by atoms with Crippen LogP contribution in [0.15, 0.2) is 170 Å². The van der Waals surface area contributed by atoms with Crippen molar-refractivity contribution in [3.63, 3.8) is 0 Å². The fraction of sp³-hybridized carbons (Fsp3) is 0. The van der Waals surface area contributed by atoms with E-state index in [0.29, 0.717) is 0 Å². The number of rotatable bonds is 3. The maximum absolute atomic E-state index is 2.56. The zero-order chi connectivity index (χ0) is 33.9. The third-order valence-electron chi connectivity index (χ3n) is 10.9. The van der Waals surface area contributed by atoms with E-state index >= 15 is 0 Å². The molecular weight excluding hydrogens is 669 g/mol. The minimum Gasteiger partial charge on any atom is -0.309 e. The van der Waals surface area contributed by atoms with E-state index in [-0.39, 0.29) is 0 Å². The molecule has 0 aliphatic carbocycles. The summed E-state index contributed by atoms with van der Waals surface area (Å²) in [7, 11) is 0. The molecule has 0 fully saturated rings. The lowest BCUT2D eigenvalue weighted by Gasteiger charge is -2.13. The number of para-hydroxylation sites is 3. The number of hydrogen-bond acceptors (Lipinski definition) is 2. The van der Waals surface area contributed by atoms with Crippen LogP contribution in [0.25, 0.3) is 106 Å². The van der Waals surface area contributed by atoms with E-state index in [0.717, 1.165) is 0 Å². The van der Waals surface area contributed by atoms with Gasteiger partial charge in [0.05, 0.1) is 27.8 Å². The smallest absolute Gasteiger partial charge is 0.0648 e. The number of thiophene rings is 2. The molecule has 242 valence electrons. The van der Waals surface area contributed by atoms with Crippen LogP contribution in [0, 0.1) is 0 Å². The topological polar surface area (TPSA) is 9.86 Å². The summed E-state index contributed by atoms with van der Waals surface area (Å²) in [6.07, 6.45) is 0. The maximum atomic E-state index is 2.56. The third kappa shape index (κ3) is 3.88. The van der Waals surface area contributed by atoms with Crippen molar-refractivity contribution in [2.75, 3.05) is 0 Å². The van der Waals surface area contributed by atoms with E-state index < -0.39 is 0 Å². The zero-order valence-electron chi connectivity index (χ0n) is 27.9. The van der Waals surface area contributed by atoms with Crippen LogP contribution in [0.4, 0.5) is 0 Å². The molecule has 0 atom stereocenters. The normalized spacial score (nSPS) is 12.2. The molecule has 2 nitrogen and oxygen atoms in total. The Kier molecular flexibility index (Phi) is 5.84. The Morgan fingerprint density at radius 2 is 0.750 bits per heavy atom. The summed E-state index contributed by atoms with van der Waals surface area (Å²) in [6.45, 7) is 0. The fourth-order valence-electron chi connectivity index (χ4n) is 8.69. The molecule has 4 heteroatoms.